The molecule has 0 amide bonds. The Kier molecular flexibility index (Phi) is 50.3. The van der Waals surface area contributed by atoms with Gasteiger partial charge in [-0.2, -0.15) is 105 Å². The molecule has 5 N–H and O–H groups in total. The summed E-state index contributed by atoms with van der Waals surface area (Å²) in [5, 5.41) is 12.8. The van der Waals surface area contributed by atoms with Crippen molar-refractivity contribution < 1.29 is 139 Å². The van der Waals surface area contributed by atoms with Crippen LogP contribution in [-0.2, 0) is 54.1 Å². The van der Waals surface area contributed by atoms with Crippen molar-refractivity contribution in [3.8, 4) is 34.5 Å². The molecule has 5 aliphatic rings. The summed E-state index contributed by atoms with van der Waals surface area (Å²) in [4.78, 5) is 8.43. The van der Waals surface area contributed by atoms with Gasteiger partial charge in [0.25, 0.3) is 0 Å². The second-order valence-corrected chi connectivity index (χ2v) is 37.5. The molecule has 0 radical (unpaired) electrons. The second-order valence-electron chi connectivity index (χ2n) is 34.2. The zero-order valence-electron chi connectivity index (χ0n) is 81.4. The first-order valence-corrected chi connectivity index (χ1v) is 48.6. The van der Waals surface area contributed by atoms with Crippen LogP contribution < -0.4 is 59.9 Å². The van der Waals surface area contributed by atoms with Crippen molar-refractivity contribution in [1.29, 1.82) is 0 Å². The van der Waals surface area contributed by atoms with E-state index in [1.165, 1.54) is 61.4 Å². The summed E-state index contributed by atoms with van der Waals surface area (Å²) >= 11 is 45.1. The molecule has 0 aliphatic carbocycles. The van der Waals surface area contributed by atoms with Gasteiger partial charge in [-0.1, -0.05) is 92.8 Å². The molecule has 5 fully saturated rings. The van der Waals surface area contributed by atoms with Gasteiger partial charge in [-0.15, -0.1) is 0 Å². The van der Waals surface area contributed by atoms with Crippen LogP contribution >= 0.6 is 92.8 Å². The summed E-state index contributed by atoms with van der Waals surface area (Å²) < 4.78 is 341. The first kappa shape index (κ1) is 127. The molecule has 16 nitrogen and oxygen atoms in total. The van der Waals surface area contributed by atoms with Crippen LogP contribution in [0.3, 0.4) is 0 Å². The van der Waals surface area contributed by atoms with Crippen molar-refractivity contribution in [2.45, 2.75) is 156 Å². The van der Waals surface area contributed by atoms with E-state index in [9.17, 15) is 105 Å². The van der Waals surface area contributed by atoms with Gasteiger partial charge in [0.15, 0.2) is 0 Å². The minimum Gasteiger partial charge on any atom is -0.492 e. The van der Waals surface area contributed by atoms with Crippen LogP contribution in [0.25, 0.3) is 0 Å². The Morgan fingerprint density at radius 3 is 0.829 bits per heavy atom. The molecular weight excluding hydrogens is 2150 g/mol. The van der Waals surface area contributed by atoms with E-state index in [1.54, 1.807) is 88.5 Å². The predicted molar refractivity (Wildman–Crippen MR) is 525 cm³/mol. The molecule has 818 valence electrons. The number of benzene rings is 8. The van der Waals surface area contributed by atoms with E-state index in [-0.39, 0.29) is 52.4 Å². The number of likely N-dealkylation sites (N-methyl/N-ethyl adjacent to an activating group) is 1. The number of halogens is 32. The average Bonchev–Trinajstić information content (AvgIpc) is 0.920. The smallest absolute Gasteiger partial charge is 0.417 e. The maximum absolute atomic E-state index is 12.7. The maximum atomic E-state index is 12.7. The van der Waals surface area contributed by atoms with E-state index < -0.39 is 93.9 Å². The van der Waals surface area contributed by atoms with Gasteiger partial charge in [-0.3, -0.25) is 14.7 Å². The number of rotatable bonds is 22. The monoisotopic (exact) mass is 2270 g/mol. The molecule has 0 unspecified atom stereocenters. The van der Waals surface area contributed by atoms with Gasteiger partial charge < -0.3 is 64.6 Å². The third-order valence-electron chi connectivity index (χ3n) is 22.7. The third-order valence-corrected chi connectivity index (χ3v) is 25.2. The Balaban J connectivity index is 0.000000256. The molecule has 13 rings (SSSR count). The third kappa shape index (κ3) is 41.9. The van der Waals surface area contributed by atoms with Gasteiger partial charge in [0.05, 0.1) is 97.9 Å². The fourth-order valence-corrected chi connectivity index (χ4v) is 16.9. The van der Waals surface area contributed by atoms with Crippen LogP contribution in [0, 0.1) is 55.4 Å². The predicted octanol–water partition coefficient (Wildman–Crippen LogP) is 28.8. The number of aryl methyl sites for hydroxylation is 8. The van der Waals surface area contributed by atoms with Gasteiger partial charge in [-0.05, 0) is 282 Å². The molecule has 48 heteroatoms. The number of hydrogen-bond acceptors (Lipinski definition) is 16. The fraction of sp³-hybridized carbons (Fsp3) is 0.510. The SMILES string of the molecule is CNCCOc1cc(Cl)c(C(F)(F)F)cc1C.CNc1cc(Cl)c(C(F)(F)F)cc1C.Cc1cc(C(F)(F)F)c(Cl)cc1N(C)C.Cc1cc(C(F)(F)F)c(Cl)cc1OC1CCNCC1.Cc1cc(C(F)(F)F)c(Cl)cc1OC1CCNCC1.Cc1cc(C(F)(F)F)c(Cl)cc1OCCN1CCCC1.Cc1cc(C(F)(F)F)c(Cl)cc1OCCN1CCNCC1.Cc1cc(C(F)(F)F)c(Cl)cc1OCCN1CCOCC1. The van der Waals surface area contributed by atoms with Crippen LogP contribution in [-0.4, -0.2) is 199 Å². The summed E-state index contributed by atoms with van der Waals surface area (Å²) in [5.74, 6) is 2.46. The fourth-order valence-electron chi connectivity index (χ4n) is 14.8. The topological polar surface area (TPSA) is 138 Å². The van der Waals surface area contributed by atoms with E-state index in [1.807, 2.05) is 0 Å². The van der Waals surface area contributed by atoms with E-state index in [0.29, 0.717) is 143 Å². The number of anilines is 2. The number of ether oxygens (including phenoxy) is 7. The van der Waals surface area contributed by atoms with Gasteiger partial charge in [0, 0.05) is 98.0 Å². The van der Waals surface area contributed by atoms with Crippen LogP contribution in [0.1, 0.15) is 128 Å². The molecule has 8 aromatic carbocycles. The lowest BCUT2D eigenvalue weighted by molar-refractivity contribution is -0.138. The normalized spacial score (nSPS) is 15.4. The highest BCUT2D eigenvalue weighted by atomic mass is 35.5. The van der Waals surface area contributed by atoms with Crippen LogP contribution in [0.4, 0.5) is 117 Å². The highest BCUT2D eigenvalue weighted by Gasteiger charge is 2.41. The molecule has 0 spiro atoms. The van der Waals surface area contributed by atoms with Crippen molar-refractivity contribution in [3.05, 3.63) is 226 Å². The Morgan fingerprint density at radius 1 is 0.308 bits per heavy atom. The van der Waals surface area contributed by atoms with Crippen LogP contribution in [0.2, 0.25) is 40.2 Å². The number of piperidine rings is 2. The number of nitrogens with one attached hydrogen (secondary N) is 5. The van der Waals surface area contributed by atoms with Crippen molar-refractivity contribution in [2.24, 2.45) is 0 Å². The van der Waals surface area contributed by atoms with E-state index >= 15 is 0 Å². The highest BCUT2D eigenvalue weighted by molar-refractivity contribution is 6.34. The minimum atomic E-state index is -4.45. The Morgan fingerprint density at radius 2 is 0.548 bits per heavy atom. The van der Waals surface area contributed by atoms with Gasteiger partial charge in [-0.25, -0.2) is 0 Å². The van der Waals surface area contributed by atoms with Crippen LogP contribution in [0.5, 0.6) is 34.5 Å². The Bertz CT molecular complexity index is 5260. The number of morpholine rings is 1. The zero-order valence-corrected chi connectivity index (χ0v) is 87.5. The molecule has 5 saturated heterocycles. The first-order chi connectivity index (χ1) is 67.8. The minimum absolute atomic E-state index is 0.0350. The van der Waals surface area contributed by atoms with E-state index in [0.717, 1.165) is 166 Å². The number of alkyl halides is 24. The van der Waals surface area contributed by atoms with Gasteiger partial charge >= 0.3 is 49.4 Å². The van der Waals surface area contributed by atoms with Crippen molar-refractivity contribution >= 4 is 104 Å². The molecule has 5 heterocycles. The lowest BCUT2D eigenvalue weighted by Gasteiger charge is -2.27. The number of piperazine rings is 1. The van der Waals surface area contributed by atoms with Crippen molar-refractivity contribution in [3.63, 3.8) is 0 Å². The second kappa shape index (κ2) is 57.8. The van der Waals surface area contributed by atoms with E-state index in [2.05, 4.69) is 41.3 Å². The highest BCUT2D eigenvalue weighted by Crippen LogP contribution is 2.47. The van der Waals surface area contributed by atoms with E-state index in [4.69, 9.17) is 126 Å². The largest absolute Gasteiger partial charge is 0.492 e. The standard InChI is InChI=1S/C14H18ClF3N2O.C14H17ClF3NO2.C14H17ClF3NO.2C13H15ClF3NO.C11H13ClF3NO.C10H11ClF3N.C9H9ClF3N/c1-10-8-11(14(16,17)18)12(15)9-13(10)21-7-6-20-4-2-19-3-5-20;1-10-8-11(14(16,17)18)12(15)9-13(10)21-7-4-19-2-5-20-6-3-19;1-10-8-11(14(16,17)18)12(15)9-13(10)20-7-6-19-4-2-3-5-19;2*1-8-6-10(13(15,16)17)11(14)7-12(8)19-9-2-4-18-5-3-9;1-7-5-8(11(13,14)15)9(12)6-10(7)17-4-3-16-2;1-6-4-7(10(12,13)14)8(11)5-9(6)15(2)3;1-5-3-6(9(11,12)13)7(10)4-8(5)14-2/h8-9,19H,2-7H2,1H3;8-9H,2-7H2,1H3;8-9H,2-7H2,1H3;2*6-7,9,18H,2-5H2,1H3;5-6,16H,3-4H2,1-2H3;4-5H,1-3H3;3-4,14H,1-2H3. The summed E-state index contributed by atoms with van der Waals surface area (Å²) in [6, 6.07) is 18.3. The Hall–Kier alpha value is -7.52. The quantitative estimate of drug-likeness (QED) is 0.0325. The van der Waals surface area contributed by atoms with Gasteiger partial charge in [0.1, 0.15) is 73.1 Å². The lowest BCUT2D eigenvalue weighted by atomic mass is 10.1. The molecule has 0 bridgehead atoms. The molecule has 0 aromatic heterocycles. The molecule has 146 heavy (non-hydrogen) atoms. The summed E-state index contributed by atoms with van der Waals surface area (Å²) in [6.07, 6.45) is -29.6. The molecule has 0 atom stereocenters. The molecule has 8 aromatic rings. The average molecular weight is 2270 g/mol. The van der Waals surface area contributed by atoms with Crippen molar-refractivity contribution in [1.82, 2.24) is 36.0 Å². The summed E-state index contributed by atoms with van der Waals surface area (Å²) in [5.41, 5.74) is -1.53. The zero-order chi connectivity index (χ0) is 110. The first-order valence-electron chi connectivity index (χ1n) is 45.5. The number of nitrogens with zero attached hydrogens (tertiary/aromatic N) is 4. The molecular formula is C98H115Cl8F24N9O7. The summed E-state index contributed by atoms with van der Waals surface area (Å²) in [6.45, 7) is 29.7. The van der Waals surface area contributed by atoms with Crippen molar-refractivity contribution in [2.75, 3.05) is 183 Å². The number of hydrogen-bond donors (Lipinski definition) is 5. The number of likely N-dealkylation sites (tertiary alicyclic amines) is 1. The Labute approximate surface area is 872 Å². The summed E-state index contributed by atoms with van der Waals surface area (Å²) in [7, 11) is 6.90. The van der Waals surface area contributed by atoms with Gasteiger partial charge in [0.2, 0.25) is 0 Å². The van der Waals surface area contributed by atoms with Crippen LogP contribution in [0.15, 0.2) is 97.1 Å². The maximum Gasteiger partial charge on any atom is 0.417 e. The lowest BCUT2D eigenvalue weighted by Crippen LogP contribution is -2.44. The molecule has 0 saturated carbocycles. The molecule has 5 aliphatic heterocycles.